The molecule has 0 aromatic heterocycles. The maximum atomic E-state index is 9.76. The predicted octanol–water partition coefficient (Wildman–Crippen LogP) is 1.72. The zero-order chi connectivity index (χ0) is 7.19. The summed E-state index contributed by atoms with van der Waals surface area (Å²) in [4.78, 5) is 0. The minimum atomic E-state index is -0.397. The molecule has 0 amide bonds. The monoisotopic (exact) mass is 138 g/mol. The molecule has 0 aromatic carbocycles. The van der Waals surface area contributed by atoms with Crippen LogP contribution in [0.3, 0.4) is 0 Å². The largest absolute Gasteiger partial charge is 0.386 e. The van der Waals surface area contributed by atoms with Crippen LogP contribution in [0.15, 0.2) is 12.2 Å². The summed E-state index contributed by atoms with van der Waals surface area (Å²) in [5, 5.41) is 9.76. The van der Waals surface area contributed by atoms with Crippen LogP contribution in [0.2, 0.25) is 0 Å². The zero-order valence-corrected chi connectivity index (χ0v) is 6.38. The Hall–Kier alpha value is -0.300. The van der Waals surface area contributed by atoms with Gasteiger partial charge >= 0.3 is 0 Å². The van der Waals surface area contributed by atoms with Gasteiger partial charge in [-0.05, 0) is 24.7 Å². The first-order chi connectivity index (χ1) is 4.73. The van der Waals surface area contributed by atoms with E-state index in [1.807, 2.05) is 6.08 Å². The molecule has 0 spiro atoms. The summed E-state index contributed by atoms with van der Waals surface area (Å²) in [7, 11) is 0. The minimum absolute atomic E-state index is 0.397. The van der Waals surface area contributed by atoms with Crippen LogP contribution >= 0.6 is 0 Å². The molecule has 0 saturated heterocycles. The van der Waals surface area contributed by atoms with Gasteiger partial charge in [-0.15, -0.1) is 0 Å². The molecule has 10 heavy (non-hydrogen) atoms. The Morgan fingerprint density at radius 3 is 2.70 bits per heavy atom. The van der Waals surface area contributed by atoms with Crippen molar-refractivity contribution in [1.29, 1.82) is 0 Å². The number of fused-ring (bicyclic) bond motifs is 2. The van der Waals surface area contributed by atoms with Crippen LogP contribution < -0.4 is 0 Å². The molecule has 0 aliphatic heterocycles. The van der Waals surface area contributed by atoms with Crippen molar-refractivity contribution in [3.05, 3.63) is 12.2 Å². The van der Waals surface area contributed by atoms with Crippen molar-refractivity contribution in [2.75, 3.05) is 0 Å². The lowest BCUT2D eigenvalue weighted by molar-refractivity contribution is 0.0968. The Morgan fingerprint density at radius 1 is 1.60 bits per heavy atom. The number of aliphatic hydroxyl groups is 1. The standard InChI is InChI=1S/C9H14O/c1-2-7-5-9(10)4-3-8(7)6-9/h3-4,7-8,10H,2,5-6H2,1H3. The van der Waals surface area contributed by atoms with Crippen LogP contribution in [0.1, 0.15) is 26.2 Å². The van der Waals surface area contributed by atoms with E-state index >= 15 is 0 Å². The Bertz CT molecular complexity index is 174. The molecule has 56 valence electrons. The van der Waals surface area contributed by atoms with Gasteiger partial charge in [0, 0.05) is 0 Å². The van der Waals surface area contributed by atoms with Gasteiger partial charge in [-0.1, -0.05) is 25.5 Å². The van der Waals surface area contributed by atoms with E-state index in [1.165, 1.54) is 6.42 Å². The summed E-state index contributed by atoms with van der Waals surface area (Å²) in [5.74, 6) is 1.45. The van der Waals surface area contributed by atoms with Crippen molar-refractivity contribution in [2.45, 2.75) is 31.8 Å². The zero-order valence-electron chi connectivity index (χ0n) is 6.38. The molecule has 1 saturated carbocycles. The Labute approximate surface area is 61.8 Å². The van der Waals surface area contributed by atoms with Crippen LogP contribution in [0.4, 0.5) is 0 Å². The van der Waals surface area contributed by atoms with E-state index in [2.05, 4.69) is 13.0 Å². The quantitative estimate of drug-likeness (QED) is 0.547. The van der Waals surface area contributed by atoms with Crippen LogP contribution in [-0.2, 0) is 0 Å². The first kappa shape index (κ1) is 6.41. The fraction of sp³-hybridized carbons (Fsp3) is 0.778. The number of allylic oxidation sites excluding steroid dienone is 1. The van der Waals surface area contributed by atoms with Crippen LogP contribution in [0.5, 0.6) is 0 Å². The Morgan fingerprint density at radius 2 is 2.40 bits per heavy atom. The van der Waals surface area contributed by atoms with E-state index in [0.717, 1.165) is 18.8 Å². The summed E-state index contributed by atoms with van der Waals surface area (Å²) in [6.45, 7) is 2.21. The van der Waals surface area contributed by atoms with Crippen molar-refractivity contribution >= 4 is 0 Å². The normalized spacial score (nSPS) is 50.6. The maximum absolute atomic E-state index is 9.76. The SMILES string of the molecule is CCC1CC2(O)C=CC1C2. The first-order valence-electron chi connectivity index (χ1n) is 4.15. The minimum Gasteiger partial charge on any atom is -0.386 e. The molecule has 1 N–H and O–H groups in total. The van der Waals surface area contributed by atoms with Gasteiger partial charge in [-0.25, -0.2) is 0 Å². The molecule has 3 unspecified atom stereocenters. The molecular formula is C9H14O. The Balaban J connectivity index is 2.18. The van der Waals surface area contributed by atoms with Crippen molar-refractivity contribution in [1.82, 2.24) is 0 Å². The second kappa shape index (κ2) is 1.85. The molecule has 1 fully saturated rings. The smallest absolute Gasteiger partial charge is 0.0836 e. The lowest BCUT2D eigenvalue weighted by Crippen LogP contribution is -2.20. The molecule has 3 atom stereocenters. The molecule has 2 bridgehead atoms. The van der Waals surface area contributed by atoms with Crippen molar-refractivity contribution in [2.24, 2.45) is 11.8 Å². The second-order valence-corrected chi connectivity index (χ2v) is 3.70. The van der Waals surface area contributed by atoms with Crippen molar-refractivity contribution < 1.29 is 5.11 Å². The maximum Gasteiger partial charge on any atom is 0.0836 e. The van der Waals surface area contributed by atoms with Gasteiger partial charge in [0.15, 0.2) is 0 Å². The van der Waals surface area contributed by atoms with Gasteiger partial charge in [-0.3, -0.25) is 0 Å². The average Bonchev–Trinajstić information content (AvgIpc) is 2.41. The molecule has 0 heterocycles. The lowest BCUT2D eigenvalue weighted by Gasteiger charge is -2.19. The van der Waals surface area contributed by atoms with Gasteiger partial charge < -0.3 is 5.11 Å². The highest BCUT2D eigenvalue weighted by Gasteiger charge is 2.44. The van der Waals surface area contributed by atoms with Gasteiger partial charge in [-0.2, -0.15) is 0 Å². The third-order valence-electron chi connectivity index (χ3n) is 2.99. The highest BCUT2D eigenvalue weighted by Crippen LogP contribution is 2.47. The summed E-state index contributed by atoms with van der Waals surface area (Å²) in [5.41, 5.74) is -0.397. The summed E-state index contributed by atoms with van der Waals surface area (Å²) >= 11 is 0. The lowest BCUT2D eigenvalue weighted by atomic mass is 9.90. The van der Waals surface area contributed by atoms with Crippen LogP contribution in [0, 0.1) is 11.8 Å². The van der Waals surface area contributed by atoms with E-state index in [-0.39, 0.29) is 0 Å². The number of hydrogen-bond donors (Lipinski definition) is 1. The van der Waals surface area contributed by atoms with Crippen LogP contribution in [-0.4, -0.2) is 10.7 Å². The molecule has 1 heteroatoms. The van der Waals surface area contributed by atoms with Gasteiger partial charge in [0.05, 0.1) is 5.60 Å². The Kier molecular flexibility index (Phi) is 1.19. The molecule has 0 aromatic rings. The third kappa shape index (κ3) is 0.734. The summed E-state index contributed by atoms with van der Waals surface area (Å²) < 4.78 is 0. The van der Waals surface area contributed by atoms with Gasteiger partial charge in [0.25, 0.3) is 0 Å². The van der Waals surface area contributed by atoms with Crippen molar-refractivity contribution in [3.63, 3.8) is 0 Å². The summed E-state index contributed by atoms with van der Waals surface area (Å²) in [6.07, 6.45) is 7.40. The summed E-state index contributed by atoms with van der Waals surface area (Å²) in [6, 6.07) is 0. The average molecular weight is 138 g/mol. The van der Waals surface area contributed by atoms with E-state index in [0.29, 0.717) is 5.92 Å². The third-order valence-corrected chi connectivity index (χ3v) is 2.99. The first-order valence-corrected chi connectivity index (χ1v) is 4.15. The van der Waals surface area contributed by atoms with E-state index in [1.54, 1.807) is 0 Å². The molecule has 0 radical (unpaired) electrons. The second-order valence-electron chi connectivity index (χ2n) is 3.70. The van der Waals surface area contributed by atoms with E-state index in [4.69, 9.17) is 0 Å². The van der Waals surface area contributed by atoms with Gasteiger partial charge in [0.1, 0.15) is 0 Å². The van der Waals surface area contributed by atoms with Crippen LogP contribution in [0.25, 0.3) is 0 Å². The fourth-order valence-electron chi connectivity index (χ4n) is 2.37. The van der Waals surface area contributed by atoms with Crippen molar-refractivity contribution in [3.8, 4) is 0 Å². The molecular weight excluding hydrogens is 124 g/mol. The molecule has 2 rings (SSSR count). The predicted molar refractivity (Wildman–Crippen MR) is 40.6 cm³/mol. The fourth-order valence-corrected chi connectivity index (χ4v) is 2.37. The molecule has 2 aliphatic carbocycles. The van der Waals surface area contributed by atoms with E-state index < -0.39 is 5.60 Å². The highest BCUT2D eigenvalue weighted by atomic mass is 16.3. The molecule has 1 nitrogen and oxygen atoms in total. The number of rotatable bonds is 1. The highest BCUT2D eigenvalue weighted by molar-refractivity contribution is 5.19. The van der Waals surface area contributed by atoms with Gasteiger partial charge in [0.2, 0.25) is 0 Å². The number of hydrogen-bond acceptors (Lipinski definition) is 1. The molecule has 2 aliphatic rings. The van der Waals surface area contributed by atoms with E-state index in [9.17, 15) is 5.11 Å². The topological polar surface area (TPSA) is 20.2 Å².